The highest BCUT2D eigenvalue weighted by molar-refractivity contribution is 6.21. The molecule has 0 aromatic heterocycles. The third-order valence-corrected chi connectivity index (χ3v) is 5.71. The molecule has 2 aliphatic heterocycles. The Morgan fingerprint density at radius 1 is 1.00 bits per heavy atom. The Balaban J connectivity index is 1.35. The van der Waals surface area contributed by atoms with E-state index >= 15 is 0 Å². The van der Waals surface area contributed by atoms with Crippen LogP contribution in [0.1, 0.15) is 27.1 Å². The molecule has 2 aromatic rings. The van der Waals surface area contributed by atoms with Crippen LogP contribution in [0.4, 0.5) is 20.6 Å². The predicted molar refractivity (Wildman–Crippen MR) is 118 cm³/mol. The van der Waals surface area contributed by atoms with E-state index in [1.807, 2.05) is 0 Å². The van der Waals surface area contributed by atoms with Crippen LogP contribution in [-0.4, -0.2) is 74.1 Å². The lowest BCUT2D eigenvalue weighted by Gasteiger charge is -2.36. The maximum absolute atomic E-state index is 13.1. The lowest BCUT2D eigenvalue weighted by molar-refractivity contribution is 0.0638. The average Bonchev–Trinajstić information content (AvgIpc) is 3.04. The molecule has 0 bridgehead atoms. The lowest BCUT2D eigenvalue weighted by atomic mass is 10.1. The molecule has 2 heterocycles. The highest BCUT2D eigenvalue weighted by atomic mass is 19.1. The molecule has 0 radical (unpaired) electrons. The van der Waals surface area contributed by atoms with Crippen molar-refractivity contribution in [1.29, 1.82) is 0 Å². The largest absolute Gasteiger partial charge is 0.385 e. The van der Waals surface area contributed by atoms with Gasteiger partial charge in [-0.2, -0.15) is 0 Å². The van der Waals surface area contributed by atoms with Crippen molar-refractivity contribution in [1.82, 2.24) is 9.80 Å². The summed E-state index contributed by atoms with van der Waals surface area (Å²) in [7, 11) is 1.57. The summed E-state index contributed by atoms with van der Waals surface area (Å²) < 4.78 is 18.1. The first-order valence-electron chi connectivity index (χ1n) is 10.5. The minimum Gasteiger partial charge on any atom is -0.385 e. The first-order valence-corrected chi connectivity index (χ1v) is 10.5. The quantitative estimate of drug-likeness (QED) is 0.552. The van der Waals surface area contributed by atoms with Gasteiger partial charge in [-0.1, -0.05) is 0 Å². The zero-order valence-corrected chi connectivity index (χ0v) is 17.8. The van der Waals surface area contributed by atoms with Crippen molar-refractivity contribution in [3.63, 3.8) is 0 Å². The van der Waals surface area contributed by atoms with Gasteiger partial charge in [-0.05, 0) is 48.9 Å². The van der Waals surface area contributed by atoms with E-state index in [4.69, 9.17) is 4.74 Å². The molecule has 0 aliphatic carbocycles. The van der Waals surface area contributed by atoms with Crippen LogP contribution in [0.25, 0.3) is 0 Å². The van der Waals surface area contributed by atoms with E-state index in [2.05, 4.69) is 10.2 Å². The van der Waals surface area contributed by atoms with E-state index in [0.29, 0.717) is 62.6 Å². The van der Waals surface area contributed by atoms with Gasteiger partial charge in [0.25, 0.3) is 11.8 Å². The molecule has 1 saturated heterocycles. The summed E-state index contributed by atoms with van der Waals surface area (Å²) in [5, 5.41) is 2.82. The second kappa shape index (κ2) is 9.35. The molecule has 4 rings (SSSR count). The number of rotatable bonds is 6. The summed E-state index contributed by atoms with van der Waals surface area (Å²) in [4.78, 5) is 42.8. The second-order valence-corrected chi connectivity index (χ2v) is 7.75. The number of carbonyl (C=O) groups excluding carboxylic acids is 3. The number of halogens is 1. The van der Waals surface area contributed by atoms with Crippen molar-refractivity contribution >= 4 is 29.2 Å². The van der Waals surface area contributed by atoms with E-state index in [-0.39, 0.29) is 23.7 Å². The lowest BCUT2D eigenvalue weighted by Crippen LogP contribution is -2.50. The summed E-state index contributed by atoms with van der Waals surface area (Å²) in [5.41, 5.74) is 2.03. The van der Waals surface area contributed by atoms with Crippen LogP contribution in [-0.2, 0) is 4.74 Å². The number of nitrogens with zero attached hydrogens (tertiary/aromatic N) is 3. The number of methoxy groups -OCH3 is 1. The number of ether oxygens (including phenoxy) is 1. The van der Waals surface area contributed by atoms with Gasteiger partial charge in [0.15, 0.2) is 0 Å². The molecule has 8 nitrogen and oxygen atoms in total. The summed E-state index contributed by atoms with van der Waals surface area (Å²) in [6.45, 7) is 3.04. The highest BCUT2D eigenvalue weighted by Gasteiger charge is 2.35. The molecule has 1 N–H and O–H groups in total. The zero-order valence-electron chi connectivity index (χ0n) is 17.8. The van der Waals surface area contributed by atoms with Crippen molar-refractivity contribution in [2.75, 3.05) is 56.7 Å². The van der Waals surface area contributed by atoms with Crippen molar-refractivity contribution < 1.29 is 23.5 Å². The van der Waals surface area contributed by atoms with Crippen LogP contribution >= 0.6 is 0 Å². The van der Waals surface area contributed by atoms with Crippen molar-refractivity contribution in [3.05, 3.63) is 59.4 Å². The maximum Gasteiger partial charge on any atom is 0.321 e. The molecule has 4 amide bonds. The number of hydrogen-bond acceptors (Lipinski definition) is 5. The topological polar surface area (TPSA) is 82.2 Å². The summed E-state index contributed by atoms with van der Waals surface area (Å²) in [6, 6.07) is 10.8. The Hall–Kier alpha value is -3.46. The normalized spacial score (nSPS) is 15.9. The van der Waals surface area contributed by atoms with Crippen molar-refractivity contribution in [2.24, 2.45) is 0 Å². The Morgan fingerprint density at radius 2 is 1.69 bits per heavy atom. The van der Waals surface area contributed by atoms with Gasteiger partial charge in [-0.25, -0.2) is 9.18 Å². The fourth-order valence-corrected chi connectivity index (χ4v) is 3.96. The number of carbonyl (C=O) groups is 3. The van der Waals surface area contributed by atoms with Crippen molar-refractivity contribution in [2.45, 2.75) is 6.42 Å². The minimum atomic E-state index is -0.356. The number of imide groups is 1. The Bertz CT molecular complexity index is 1020. The Kier molecular flexibility index (Phi) is 6.36. The van der Waals surface area contributed by atoms with Crippen LogP contribution in [0.3, 0.4) is 0 Å². The molecule has 0 atom stereocenters. The zero-order chi connectivity index (χ0) is 22.7. The van der Waals surface area contributed by atoms with Crippen LogP contribution in [0.5, 0.6) is 0 Å². The molecule has 168 valence electrons. The van der Waals surface area contributed by atoms with E-state index in [1.54, 1.807) is 42.3 Å². The van der Waals surface area contributed by atoms with Crippen LogP contribution < -0.4 is 10.2 Å². The molecule has 2 aromatic carbocycles. The van der Waals surface area contributed by atoms with E-state index in [0.717, 1.165) is 5.69 Å². The van der Waals surface area contributed by atoms with Gasteiger partial charge in [0.1, 0.15) is 5.82 Å². The minimum absolute atomic E-state index is 0.266. The molecule has 9 heteroatoms. The Morgan fingerprint density at radius 3 is 2.38 bits per heavy atom. The van der Waals surface area contributed by atoms with Gasteiger partial charge in [-0.3, -0.25) is 14.5 Å². The third kappa shape index (κ3) is 4.43. The fraction of sp³-hybridized carbons (Fsp3) is 0.348. The van der Waals surface area contributed by atoms with Crippen LogP contribution in [0, 0.1) is 5.82 Å². The van der Waals surface area contributed by atoms with Gasteiger partial charge >= 0.3 is 6.03 Å². The first kappa shape index (κ1) is 21.8. The second-order valence-electron chi connectivity index (χ2n) is 7.75. The molecule has 0 saturated carbocycles. The van der Waals surface area contributed by atoms with Gasteiger partial charge < -0.3 is 19.9 Å². The standard InChI is InChI=1S/C23H25FN4O4/c1-32-14-2-9-28-21(29)19-8-5-17(15-20(19)22(28)30)25-23(31)27-12-10-26(11-13-27)18-6-3-16(24)4-7-18/h3-8,15H,2,9-14H2,1H3,(H,25,31). The monoisotopic (exact) mass is 440 g/mol. The fourth-order valence-electron chi connectivity index (χ4n) is 3.96. The smallest absolute Gasteiger partial charge is 0.321 e. The SMILES string of the molecule is COCCCN1C(=O)c2ccc(NC(=O)N3CCN(c4ccc(F)cc4)CC3)cc2C1=O. The molecule has 1 fully saturated rings. The summed E-state index contributed by atoms with van der Waals surface area (Å²) >= 11 is 0. The van der Waals surface area contributed by atoms with Gasteiger partial charge in [0.05, 0.1) is 11.1 Å². The van der Waals surface area contributed by atoms with Crippen molar-refractivity contribution in [3.8, 4) is 0 Å². The van der Waals surface area contributed by atoms with Gasteiger partial charge in [0.2, 0.25) is 0 Å². The molecule has 32 heavy (non-hydrogen) atoms. The number of urea groups is 1. The summed E-state index contributed by atoms with van der Waals surface area (Å²) in [5.74, 6) is -0.958. The van der Waals surface area contributed by atoms with E-state index in [9.17, 15) is 18.8 Å². The Labute approximate surface area is 185 Å². The van der Waals surface area contributed by atoms with E-state index < -0.39 is 0 Å². The van der Waals surface area contributed by atoms with Crippen LogP contribution in [0.15, 0.2) is 42.5 Å². The highest BCUT2D eigenvalue weighted by Crippen LogP contribution is 2.26. The predicted octanol–water partition coefficient (Wildman–Crippen LogP) is 2.81. The molecular formula is C23H25FN4O4. The number of anilines is 2. The van der Waals surface area contributed by atoms with Gasteiger partial charge in [-0.15, -0.1) is 0 Å². The van der Waals surface area contributed by atoms with E-state index in [1.165, 1.54) is 17.0 Å². The number of nitrogens with one attached hydrogen (secondary N) is 1. The number of fused-ring (bicyclic) bond motifs is 1. The first-order chi connectivity index (χ1) is 15.5. The maximum atomic E-state index is 13.1. The average molecular weight is 440 g/mol. The number of benzene rings is 2. The van der Waals surface area contributed by atoms with Gasteiger partial charge in [0, 0.05) is 57.8 Å². The summed E-state index contributed by atoms with van der Waals surface area (Å²) in [6.07, 6.45) is 0.565. The molecular weight excluding hydrogens is 415 g/mol. The number of amides is 4. The number of hydrogen-bond donors (Lipinski definition) is 1. The third-order valence-electron chi connectivity index (χ3n) is 5.71. The van der Waals surface area contributed by atoms with Crippen LogP contribution in [0.2, 0.25) is 0 Å². The molecule has 0 spiro atoms. The molecule has 0 unspecified atom stereocenters. The molecule has 2 aliphatic rings. The number of piperazine rings is 1.